The fraction of sp³-hybridized carbons (Fsp3) is 0.412. The van der Waals surface area contributed by atoms with Gasteiger partial charge in [-0.15, -0.1) is 0 Å². The highest BCUT2D eigenvalue weighted by Gasteiger charge is 2.75. The third kappa shape index (κ3) is 5.78. The molecule has 2 saturated heterocycles. The Morgan fingerprint density at radius 3 is 2.54 bits per heavy atom. The third-order valence-electron chi connectivity index (χ3n) is 9.09. The van der Waals surface area contributed by atoms with E-state index in [4.69, 9.17) is 21.1 Å². The van der Waals surface area contributed by atoms with Gasteiger partial charge in [-0.05, 0) is 43.5 Å². The van der Waals surface area contributed by atoms with Gasteiger partial charge in [-0.25, -0.2) is 0 Å². The van der Waals surface area contributed by atoms with Gasteiger partial charge in [0, 0.05) is 17.4 Å². The molecule has 0 saturated carbocycles. The molecule has 5 bridgehead atoms. The lowest BCUT2D eigenvalue weighted by Crippen LogP contribution is -2.59. The van der Waals surface area contributed by atoms with Crippen LogP contribution in [0.5, 0.6) is 0 Å². The van der Waals surface area contributed by atoms with Gasteiger partial charge in [0.2, 0.25) is 11.8 Å². The zero-order chi connectivity index (χ0) is 32.6. The van der Waals surface area contributed by atoms with Gasteiger partial charge >= 0.3 is 5.97 Å². The summed E-state index contributed by atoms with van der Waals surface area (Å²) >= 11 is 10.2. The SMILES string of the molecule is C[C@H]1CNC(=O)CC/C=C\CN(c2ccccc2Cl)C(=O)[C@H]2N([C@@H](CO)Cc3ccccc3)C(=O)[C@@H]3[C@@H](C(=O)O1)[C@@H]1O[C@@]32C=C1Br. The Hall–Kier alpha value is -3.51. The molecule has 4 aliphatic heterocycles. The molecule has 3 amide bonds. The summed E-state index contributed by atoms with van der Waals surface area (Å²) in [4.78, 5) is 58.9. The van der Waals surface area contributed by atoms with Crippen molar-refractivity contribution in [2.24, 2.45) is 11.8 Å². The highest BCUT2D eigenvalue weighted by atomic mass is 79.9. The number of fused-ring (bicyclic) bond motifs is 2. The zero-order valence-corrected chi connectivity index (χ0v) is 27.5. The van der Waals surface area contributed by atoms with E-state index < -0.39 is 66.1 Å². The van der Waals surface area contributed by atoms with Gasteiger partial charge in [-0.2, -0.15) is 0 Å². The Balaban J connectivity index is 1.50. The van der Waals surface area contributed by atoms with Crippen LogP contribution in [0, 0.1) is 11.8 Å². The average molecular weight is 713 g/mol. The summed E-state index contributed by atoms with van der Waals surface area (Å²) in [5.41, 5.74) is -0.241. The van der Waals surface area contributed by atoms with Crippen molar-refractivity contribution in [3.8, 4) is 0 Å². The van der Waals surface area contributed by atoms with Gasteiger partial charge in [-0.1, -0.05) is 82.1 Å². The molecule has 1 spiro atoms. The molecule has 0 radical (unpaired) electrons. The van der Waals surface area contributed by atoms with Crippen molar-refractivity contribution in [1.82, 2.24) is 10.2 Å². The Morgan fingerprint density at radius 2 is 1.80 bits per heavy atom. The van der Waals surface area contributed by atoms with E-state index >= 15 is 4.79 Å². The van der Waals surface area contributed by atoms with Gasteiger partial charge in [0.05, 0.1) is 35.8 Å². The number of carbonyl (C=O) groups excluding carboxylic acids is 4. The van der Waals surface area contributed by atoms with E-state index in [1.54, 1.807) is 43.3 Å². The molecule has 0 aromatic heterocycles. The number of hydrogen-bond acceptors (Lipinski definition) is 7. The lowest BCUT2D eigenvalue weighted by atomic mass is 9.74. The normalized spacial score (nSPS) is 31.3. The number of hydrogen-bond donors (Lipinski definition) is 2. The number of aliphatic hydroxyl groups is 1. The first-order chi connectivity index (χ1) is 22.2. The Morgan fingerprint density at radius 1 is 1.07 bits per heavy atom. The van der Waals surface area contributed by atoms with E-state index in [-0.39, 0.29) is 31.8 Å². The van der Waals surface area contributed by atoms with E-state index in [1.807, 2.05) is 36.4 Å². The van der Waals surface area contributed by atoms with Crippen LogP contribution < -0.4 is 10.2 Å². The first kappa shape index (κ1) is 32.4. The van der Waals surface area contributed by atoms with Crippen LogP contribution in [0.4, 0.5) is 5.69 Å². The molecule has 4 heterocycles. The zero-order valence-electron chi connectivity index (χ0n) is 25.2. The van der Waals surface area contributed by atoms with Crippen LogP contribution in [0.3, 0.4) is 0 Å². The molecule has 242 valence electrons. The number of amides is 3. The maximum absolute atomic E-state index is 15.0. The van der Waals surface area contributed by atoms with Crippen LogP contribution in [-0.2, 0) is 35.1 Å². The number of carbonyl (C=O) groups is 4. The lowest BCUT2D eigenvalue weighted by molar-refractivity contribution is -0.159. The molecule has 2 N–H and O–H groups in total. The maximum Gasteiger partial charge on any atom is 0.313 e. The second kappa shape index (κ2) is 13.3. The number of aliphatic hydroxyl groups excluding tert-OH is 1. The van der Waals surface area contributed by atoms with Gasteiger partial charge in [0.25, 0.3) is 5.91 Å². The summed E-state index contributed by atoms with van der Waals surface area (Å²) in [6, 6.07) is 14.2. The van der Waals surface area contributed by atoms with Crippen LogP contribution >= 0.6 is 27.5 Å². The van der Waals surface area contributed by atoms with Crippen molar-refractivity contribution in [2.45, 2.75) is 56.1 Å². The van der Waals surface area contributed by atoms with Crippen molar-refractivity contribution in [3.05, 3.63) is 87.9 Å². The first-order valence-electron chi connectivity index (χ1n) is 15.4. The number of halogens is 2. The van der Waals surface area contributed by atoms with Crippen molar-refractivity contribution in [3.63, 3.8) is 0 Å². The van der Waals surface area contributed by atoms with Crippen LogP contribution in [0.2, 0.25) is 5.02 Å². The van der Waals surface area contributed by atoms with Gasteiger partial charge in [0.1, 0.15) is 29.8 Å². The third-order valence-corrected chi connectivity index (χ3v) is 10.1. The minimum atomic E-state index is -1.53. The van der Waals surface area contributed by atoms with E-state index in [2.05, 4.69) is 21.2 Å². The van der Waals surface area contributed by atoms with Crippen LogP contribution in [0.15, 0.2) is 77.3 Å². The molecular weight excluding hydrogens is 678 g/mol. The van der Waals surface area contributed by atoms with Crippen molar-refractivity contribution < 1.29 is 33.8 Å². The first-order valence-corrected chi connectivity index (χ1v) is 16.5. The minimum Gasteiger partial charge on any atom is -0.460 e. The number of anilines is 1. The summed E-state index contributed by atoms with van der Waals surface area (Å²) in [5.74, 6) is -3.99. The van der Waals surface area contributed by atoms with E-state index in [0.29, 0.717) is 21.6 Å². The number of benzene rings is 2. The van der Waals surface area contributed by atoms with Gasteiger partial charge < -0.3 is 29.7 Å². The molecule has 2 aromatic carbocycles. The van der Waals surface area contributed by atoms with Crippen LogP contribution in [0.1, 0.15) is 25.3 Å². The number of cyclic esters (lactones) is 1. The highest BCUT2D eigenvalue weighted by molar-refractivity contribution is 9.11. The number of esters is 1. The van der Waals surface area contributed by atoms with Crippen molar-refractivity contribution >= 4 is 56.9 Å². The number of nitrogens with one attached hydrogen (secondary N) is 1. The average Bonchev–Trinajstić information content (AvgIpc) is 3.64. The summed E-state index contributed by atoms with van der Waals surface area (Å²) in [5, 5.41) is 13.9. The standard InChI is InChI=1S/C34H35BrClN3O7/c1-20-18-37-26(41)14-6-3-9-15-38(25-13-8-7-12-24(25)36)32(43)30-34-17-23(35)29(46-34)27(33(44)45-20)28(34)31(42)39(30)22(19-40)16-21-10-4-2-5-11-21/h2-5,7-13,17,20,22,27-30,40H,6,14-16,18-19H2,1H3,(H,37,41)/b9-3-/t20-,22+,27+,28-,29+,30+,34-/m0/s1. The predicted molar refractivity (Wildman–Crippen MR) is 174 cm³/mol. The number of likely N-dealkylation sites (tertiary alicyclic amines) is 1. The minimum absolute atomic E-state index is 0.0861. The van der Waals surface area contributed by atoms with E-state index in [0.717, 1.165) is 5.56 Å². The van der Waals surface area contributed by atoms with Crippen molar-refractivity contribution in [1.29, 1.82) is 0 Å². The Bertz CT molecular complexity index is 1590. The number of allylic oxidation sites excluding steroid dienone is 1. The van der Waals surface area contributed by atoms with Crippen LogP contribution in [-0.4, -0.2) is 83.3 Å². The fourth-order valence-corrected chi connectivity index (χ4v) is 8.01. The van der Waals surface area contributed by atoms with Crippen LogP contribution in [0.25, 0.3) is 0 Å². The Kier molecular flexibility index (Phi) is 9.38. The molecular formula is C34H35BrClN3O7. The fourth-order valence-electron chi connectivity index (χ4n) is 7.04. The molecule has 7 atom stereocenters. The van der Waals surface area contributed by atoms with E-state index in [1.165, 1.54) is 9.80 Å². The molecule has 4 aliphatic rings. The quantitative estimate of drug-likeness (QED) is 0.359. The van der Waals surface area contributed by atoms with E-state index in [9.17, 15) is 19.5 Å². The molecule has 46 heavy (non-hydrogen) atoms. The molecule has 0 aliphatic carbocycles. The lowest BCUT2D eigenvalue weighted by Gasteiger charge is -2.39. The second-order valence-electron chi connectivity index (χ2n) is 12.1. The topological polar surface area (TPSA) is 125 Å². The molecule has 2 fully saturated rings. The smallest absolute Gasteiger partial charge is 0.313 e. The monoisotopic (exact) mass is 711 g/mol. The number of para-hydroxylation sites is 1. The predicted octanol–water partition coefficient (Wildman–Crippen LogP) is 3.55. The molecule has 2 aromatic rings. The maximum atomic E-state index is 15.0. The number of ether oxygens (including phenoxy) is 2. The summed E-state index contributed by atoms with van der Waals surface area (Å²) in [6.45, 7) is 1.42. The molecule has 10 nitrogen and oxygen atoms in total. The highest BCUT2D eigenvalue weighted by Crippen LogP contribution is 2.59. The Labute approximate surface area is 280 Å². The summed E-state index contributed by atoms with van der Waals surface area (Å²) in [6.07, 6.45) is 4.68. The number of nitrogens with zero attached hydrogens (tertiary/aromatic N) is 2. The van der Waals surface area contributed by atoms with Gasteiger partial charge in [-0.3, -0.25) is 19.2 Å². The largest absolute Gasteiger partial charge is 0.460 e. The molecule has 0 unspecified atom stereocenters. The van der Waals surface area contributed by atoms with Crippen molar-refractivity contribution in [2.75, 3.05) is 24.6 Å². The summed E-state index contributed by atoms with van der Waals surface area (Å²) in [7, 11) is 0. The van der Waals surface area contributed by atoms with Gasteiger partial charge in [0.15, 0.2) is 0 Å². The molecule has 12 heteroatoms. The summed E-state index contributed by atoms with van der Waals surface area (Å²) < 4.78 is 12.9. The second-order valence-corrected chi connectivity index (χ2v) is 13.4. The molecule has 6 rings (SSSR count). The number of rotatable bonds is 5.